The van der Waals surface area contributed by atoms with Crippen molar-refractivity contribution in [2.75, 3.05) is 23.1 Å². The van der Waals surface area contributed by atoms with Gasteiger partial charge in [-0.2, -0.15) is 0 Å². The first-order valence-corrected chi connectivity index (χ1v) is 10.1. The van der Waals surface area contributed by atoms with Gasteiger partial charge in [-0.1, -0.05) is 18.2 Å². The van der Waals surface area contributed by atoms with Gasteiger partial charge in [0, 0.05) is 18.8 Å². The van der Waals surface area contributed by atoms with E-state index in [9.17, 15) is 13.2 Å². The molecule has 2 amide bonds. The van der Waals surface area contributed by atoms with Gasteiger partial charge < -0.3 is 10.2 Å². The minimum absolute atomic E-state index is 0.147. The summed E-state index contributed by atoms with van der Waals surface area (Å²) in [6.45, 7) is 5.25. The van der Waals surface area contributed by atoms with E-state index in [2.05, 4.69) is 10.0 Å². The Balaban J connectivity index is 1.73. The van der Waals surface area contributed by atoms with E-state index < -0.39 is 10.0 Å². The minimum atomic E-state index is -3.69. The van der Waals surface area contributed by atoms with Crippen LogP contribution in [-0.2, 0) is 10.0 Å². The molecule has 2 aromatic carbocycles. The number of hydrogen-bond donors (Lipinski definition) is 2. The highest BCUT2D eigenvalue weighted by atomic mass is 32.2. The van der Waals surface area contributed by atoms with Crippen molar-refractivity contribution < 1.29 is 13.2 Å². The molecule has 1 saturated heterocycles. The summed E-state index contributed by atoms with van der Waals surface area (Å²) < 4.78 is 27.9. The van der Waals surface area contributed by atoms with Crippen LogP contribution in [0, 0.1) is 13.8 Å². The van der Waals surface area contributed by atoms with E-state index in [0.717, 1.165) is 37.1 Å². The summed E-state index contributed by atoms with van der Waals surface area (Å²) in [4.78, 5) is 14.0. The van der Waals surface area contributed by atoms with E-state index in [-0.39, 0.29) is 10.9 Å². The Labute approximate surface area is 154 Å². The van der Waals surface area contributed by atoms with Crippen molar-refractivity contribution in [3.63, 3.8) is 0 Å². The second kappa shape index (κ2) is 7.37. The number of sulfonamides is 1. The van der Waals surface area contributed by atoms with E-state index in [1.807, 2.05) is 32.0 Å². The van der Waals surface area contributed by atoms with E-state index in [1.54, 1.807) is 17.0 Å². The summed E-state index contributed by atoms with van der Waals surface area (Å²) in [5.41, 5.74) is 2.90. The molecule has 0 aromatic heterocycles. The average molecular weight is 373 g/mol. The van der Waals surface area contributed by atoms with Crippen molar-refractivity contribution in [1.82, 2.24) is 4.90 Å². The first kappa shape index (κ1) is 18.3. The van der Waals surface area contributed by atoms with Crippen molar-refractivity contribution in [1.29, 1.82) is 0 Å². The molecule has 1 fully saturated rings. The maximum Gasteiger partial charge on any atom is 0.321 e. The van der Waals surface area contributed by atoms with Crippen molar-refractivity contribution in [2.24, 2.45) is 0 Å². The van der Waals surface area contributed by atoms with Gasteiger partial charge in [0.15, 0.2) is 0 Å². The van der Waals surface area contributed by atoms with Gasteiger partial charge in [0.25, 0.3) is 10.0 Å². The monoisotopic (exact) mass is 373 g/mol. The number of anilines is 2. The number of carbonyl (C=O) groups excluding carboxylic acids is 1. The zero-order valence-corrected chi connectivity index (χ0v) is 15.8. The van der Waals surface area contributed by atoms with Gasteiger partial charge in [-0.05, 0) is 62.1 Å². The quantitative estimate of drug-likeness (QED) is 0.857. The second-order valence-electron chi connectivity index (χ2n) is 6.52. The summed E-state index contributed by atoms with van der Waals surface area (Å²) >= 11 is 0. The molecule has 1 heterocycles. The number of urea groups is 1. The van der Waals surface area contributed by atoms with Crippen LogP contribution in [0.1, 0.15) is 24.0 Å². The van der Waals surface area contributed by atoms with E-state index in [1.165, 1.54) is 12.1 Å². The van der Waals surface area contributed by atoms with Gasteiger partial charge in [0.2, 0.25) is 0 Å². The maximum absolute atomic E-state index is 12.6. The number of hydrogen-bond acceptors (Lipinski definition) is 3. The number of rotatable bonds is 4. The summed E-state index contributed by atoms with van der Waals surface area (Å²) in [5, 5.41) is 2.80. The lowest BCUT2D eigenvalue weighted by Crippen LogP contribution is -2.32. The highest BCUT2D eigenvalue weighted by molar-refractivity contribution is 7.92. The first-order chi connectivity index (χ1) is 12.4. The molecule has 0 aliphatic carbocycles. The molecule has 6 nitrogen and oxygen atoms in total. The summed E-state index contributed by atoms with van der Waals surface area (Å²) in [5.74, 6) is 0. The highest BCUT2D eigenvalue weighted by Crippen LogP contribution is 2.24. The molecule has 0 saturated carbocycles. The lowest BCUT2D eigenvalue weighted by molar-refractivity contribution is 0.222. The Morgan fingerprint density at radius 2 is 1.54 bits per heavy atom. The SMILES string of the molecule is Cc1cccc(C)c1NS(=O)(=O)c1ccc(NC(=O)N2CCCC2)cc1. The molecule has 0 unspecified atom stereocenters. The fraction of sp³-hybridized carbons (Fsp3) is 0.316. The Morgan fingerprint density at radius 1 is 0.962 bits per heavy atom. The van der Waals surface area contributed by atoms with Crippen LogP contribution in [-0.4, -0.2) is 32.4 Å². The van der Waals surface area contributed by atoms with Gasteiger partial charge in [0.1, 0.15) is 0 Å². The predicted octanol–water partition coefficient (Wildman–Crippen LogP) is 3.73. The van der Waals surface area contributed by atoms with Crippen molar-refractivity contribution in [2.45, 2.75) is 31.6 Å². The van der Waals surface area contributed by atoms with Crippen LogP contribution < -0.4 is 10.0 Å². The summed E-state index contributed by atoms with van der Waals surface area (Å²) in [7, 11) is -3.69. The van der Waals surface area contributed by atoms with Gasteiger partial charge in [0.05, 0.1) is 10.6 Å². The highest BCUT2D eigenvalue weighted by Gasteiger charge is 2.19. The second-order valence-corrected chi connectivity index (χ2v) is 8.20. The molecule has 3 rings (SSSR count). The zero-order chi connectivity index (χ0) is 18.7. The number of nitrogens with zero attached hydrogens (tertiary/aromatic N) is 1. The van der Waals surface area contributed by atoms with Crippen LogP contribution in [0.25, 0.3) is 0 Å². The third-order valence-corrected chi connectivity index (χ3v) is 5.89. The first-order valence-electron chi connectivity index (χ1n) is 8.62. The number of likely N-dealkylation sites (tertiary alicyclic amines) is 1. The molecule has 7 heteroatoms. The molecule has 1 aliphatic heterocycles. The average Bonchev–Trinajstić information content (AvgIpc) is 3.14. The molecule has 2 aromatic rings. The molecule has 138 valence electrons. The van der Waals surface area contributed by atoms with E-state index in [4.69, 9.17) is 0 Å². The number of para-hydroxylation sites is 1. The van der Waals surface area contributed by atoms with Gasteiger partial charge in [-0.3, -0.25) is 4.72 Å². The third kappa shape index (κ3) is 3.99. The number of benzene rings is 2. The molecule has 0 bridgehead atoms. The Morgan fingerprint density at radius 3 is 2.12 bits per heavy atom. The van der Waals surface area contributed by atoms with Crippen LogP contribution in [0.3, 0.4) is 0 Å². The Kier molecular flexibility index (Phi) is 5.18. The van der Waals surface area contributed by atoms with Crippen molar-refractivity contribution in [3.8, 4) is 0 Å². The van der Waals surface area contributed by atoms with Gasteiger partial charge in [-0.25, -0.2) is 13.2 Å². The van der Waals surface area contributed by atoms with E-state index in [0.29, 0.717) is 11.4 Å². The Hall–Kier alpha value is -2.54. The van der Waals surface area contributed by atoms with Crippen molar-refractivity contribution in [3.05, 3.63) is 53.6 Å². The maximum atomic E-state index is 12.6. The predicted molar refractivity (Wildman–Crippen MR) is 103 cm³/mol. The van der Waals surface area contributed by atoms with Crippen molar-refractivity contribution >= 4 is 27.4 Å². The third-order valence-electron chi connectivity index (χ3n) is 4.53. The molecule has 0 atom stereocenters. The zero-order valence-electron chi connectivity index (χ0n) is 15.0. The molecule has 0 radical (unpaired) electrons. The molecule has 26 heavy (non-hydrogen) atoms. The molecule has 1 aliphatic rings. The van der Waals surface area contributed by atoms with Gasteiger partial charge >= 0.3 is 6.03 Å². The molecule has 2 N–H and O–H groups in total. The summed E-state index contributed by atoms with van der Waals surface area (Å²) in [6.07, 6.45) is 2.04. The fourth-order valence-electron chi connectivity index (χ4n) is 3.01. The van der Waals surface area contributed by atoms with Crippen LogP contribution in [0.5, 0.6) is 0 Å². The molecular weight excluding hydrogens is 350 g/mol. The lowest BCUT2D eigenvalue weighted by Gasteiger charge is -2.16. The molecular formula is C19H23N3O3S. The van der Waals surface area contributed by atoms with Crippen LogP contribution in [0.15, 0.2) is 47.4 Å². The standard InChI is InChI=1S/C19H23N3O3S/c1-14-6-5-7-15(2)18(14)21-26(24,25)17-10-8-16(9-11-17)20-19(23)22-12-3-4-13-22/h5-11,21H,3-4,12-13H2,1-2H3,(H,20,23). The van der Waals surface area contributed by atoms with Crippen LogP contribution >= 0.6 is 0 Å². The fourth-order valence-corrected chi connectivity index (χ4v) is 4.21. The number of carbonyl (C=O) groups is 1. The van der Waals surface area contributed by atoms with Crippen LogP contribution in [0.4, 0.5) is 16.2 Å². The molecule has 0 spiro atoms. The number of amides is 2. The lowest BCUT2D eigenvalue weighted by atomic mass is 10.1. The van der Waals surface area contributed by atoms with Crippen LogP contribution in [0.2, 0.25) is 0 Å². The van der Waals surface area contributed by atoms with E-state index >= 15 is 0 Å². The number of aryl methyl sites for hydroxylation is 2. The van der Waals surface area contributed by atoms with Gasteiger partial charge in [-0.15, -0.1) is 0 Å². The smallest absolute Gasteiger partial charge is 0.321 e. The normalized spacial score (nSPS) is 14.3. The minimum Gasteiger partial charge on any atom is -0.325 e. The largest absolute Gasteiger partial charge is 0.325 e. The topological polar surface area (TPSA) is 78.5 Å². The summed E-state index contributed by atoms with van der Waals surface area (Å²) in [6, 6.07) is 11.7. The number of nitrogens with one attached hydrogen (secondary N) is 2. The Bertz CT molecular complexity index is 882.